The topological polar surface area (TPSA) is 69.6 Å². The van der Waals surface area contributed by atoms with E-state index in [1.54, 1.807) is 0 Å². The van der Waals surface area contributed by atoms with Crippen LogP contribution in [0, 0.1) is 0 Å². The summed E-state index contributed by atoms with van der Waals surface area (Å²) < 4.78 is 0. The fourth-order valence-electron chi connectivity index (χ4n) is 8.12. The Bertz CT molecular complexity index is 754. The molecule has 0 saturated heterocycles. The van der Waals surface area contributed by atoms with E-state index in [1.165, 1.54) is 238 Å². The number of hydrogen-bond acceptors (Lipinski definition) is 3. The second-order valence-corrected chi connectivity index (χ2v) is 17.6. The molecule has 0 heterocycles. The van der Waals surface area contributed by atoms with Gasteiger partial charge in [0.1, 0.15) is 0 Å². The van der Waals surface area contributed by atoms with Crippen molar-refractivity contribution in [3.8, 4) is 0 Å². The zero-order valence-electron chi connectivity index (χ0n) is 37.7. The third kappa shape index (κ3) is 44.1. The fourth-order valence-corrected chi connectivity index (χ4v) is 8.12. The van der Waals surface area contributed by atoms with Gasteiger partial charge in [-0.1, -0.05) is 257 Å². The Morgan fingerprint density at radius 2 is 0.691 bits per heavy atom. The summed E-state index contributed by atoms with van der Waals surface area (Å²) in [5, 5.41) is 23.2. The summed E-state index contributed by atoms with van der Waals surface area (Å²) in [7, 11) is 0. The van der Waals surface area contributed by atoms with Gasteiger partial charge in [-0.3, -0.25) is 4.79 Å². The van der Waals surface area contributed by atoms with Crippen LogP contribution in [0.25, 0.3) is 0 Å². The van der Waals surface area contributed by atoms with Crippen molar-refractivity contribution in [1.29, 1.82) is 0 Å². The maximum atomic E-state index is 12.4. The third-order valence-electron chi connectivity index (χ3n) is 12.0. The highest BCUT2D eigenvalue weighted by Gasteiger charge is 2.20. The Morgan fingerprint density at radius 3 is 1.00 bits per heavy atom. The molecule has 0 aromatic carbocycles. The van der Waals surface area contributed by atoms with E-state index >= 15 is 0 Å². The van der Waals surface area contributed by atoms with Crippen molar-refractivity contribution in [2.45, 2.75) is 302 Å². The molecule has 0 fully saturated rings. The molecule has 0 aliphatic rings. The van der Waals surface area contributed by atoms with Gasteiger partial charge in [0.25, 0.3) is 0 Å². The van der Waals surface area contributed by atoms with Crippen LogP contribution in [0.4, 0.5) is 0 Å². The maximum Gasteiger partial charge on any atom is 0.220 e. The summed E-state index contributed by atoms with van der Waals surface area (Å²) in [5.41, 5.74) is 0. The van der Waals surface area contributed by atoms with Crippen molar-refractivity contribution in [2.24, 2.45) is 0 Å². The number of aliphatic hydroxyl groups is 2. The highest BCUT2D eigenvalue weighted by Crippen LogP contribution is 2.17. The Balaban J connectivity index is 3.44. The number of carbonyl (C=O) groups excluding carboxylic acids is 1. The number of hydrogen-bond donors (Lipinski definition) is 3. The van der Waals surface area contributed by atoms with E-state index in [0.717, 1.165) is 25.7 Å². The fraction of sp³-hybridized carbons (Fsp3) is 0.941. The molecular weight excluding hydrogens is 675 g/mol. The molecule has 0 spiro atoms. The van der Waals surface area contributed by atoms with E-state index in [1.807, 2.05) is 0 Å². The van der Waals surface area contributed by atoms with Crippen LogP contribution in [-0.4, -0.2) is 34.9 Å². The van der Waals surface area contributed by atoms with Crippen LogP contribution in [0.5, 0.6) is 0 Å². The van der Waals surface area contributed by atoms with E-state index in [2.05, 4.69) is 31.3 Å². The Morgan fingerprint density at radius 1 is 0.418 bits per heavy atom. The standard InChI is InChI=1S/C51H101NO3/c1-3-5-7-9-11-13-15-17-19-21-22-23-24-25-26-27-28-29-30-31-33-35-37-39-41-43-45-47-51(55)52-49(48-53)50(54)46-44-42-40-38-36-34-32-20-18-16-14-12-10-8-6-4-2/h25-26,49-50,53-54H,3-24,27-48H2,1-2H3,(H,52,55)/b26-25-. The predicted octanol–water partition coefficient (Wildman–Crippen LogP) is 16.2. The SMILES string of the molecule is CCCCCCCCCCCCCC/C=C\CCCCCCCCCCCCCC(=O)NC(CO)C(O)CCCCCCCCCCCCCCCCCC. The lowest BCUT2D eigenvalue weighted by Crippen LogP contribution is -2.45. The van der Waals surface area contributed by atoms with Crippen LogP contribution >= 0.6 is 0 Å². The van der Waals surface area contributed by atoms with Crippen LogP contribution in [0.2, 0.25) is 0 Å². The monoisotopic (exact) mass is 776 g/mol. The Hall–Kier alpha value is -0.870. The van der Waals surface area contributed by atoms with E-state index in [4.69, 9.17) is 0 Å². The van der Waals surface area contributed by atoms with E-state index in [-0.39, 0.29) is 12.5 Å². The van der Waals surface area contributed by atoms with Crippen LogP contribution in [0.1, 0.15) is 290 Å². The minimum Gasteiger partial charge on any atom is -0.394 e. The van der Waals surface area contributed by atoms with E-state index < -0.39 is 12.1 Å². The molecule has 328 valence electrons. The molecule has 2 atom stereocenters. The highest BCUT2D eigenvalue weighted by atomic mass is 16.3. The third-order valence-corrected chi connectivity index (χ3v) is 12.0. The highest BCUT2D eigenvalue weighted by molar-refractivity contribution is 5.76. The van der Waals surface area contributed by atoms with Crippen molar-refractivity contribution >= 4 is 5.91 Å². The first kappa shape index (κ1) is 54.1. The summed E-state index contributed by atoms with van der Waals surface area (Å²) in [6.45, 7) is 4.39. The molecule has 4 nitrogen and oxygen atoms in total. The summed E-state index contributed by atoms with van der Waals surface area (Å²) in [6, 6.07) is -0.533. The molecule has 3 N–H and O–H groups in total. The van der Waals surface area contributed by atoms with E-state index in [0.29, 0.717) is 12.8 Å². The van der Waals surface area contributed by atoms with Gasteiger partial charge in [0.05, 0.1) is 18.8 Å². The van der Waals surface area contributed by atoms with Gasteiger partial charge in [-0.2, -0.15) is 0 Å². The first-order valence-corrected chi connectivity index (χ1v) is 25.4. The average Bonchev–Trinajstić information content (AvgIpc) is 3.19. The molecule has 2 unspecified atom stereocenters. The minimum atomic E-state index is -0.656. The molecule has 0 rings (SSSR count). The molecule has 0 saturated carbocycles. The first-order valence-electron chi connectivity index (χ1n) is 25.4. The molecule has 55 heavy (non-hydrogen) atoms. The van der Waals surface area contributed by atoms with Crippen LogP contribution in [-0.2, 0) is 4.79 Å². The largest absolute Gasteiger partial charge is 0.394 e. The van der Waals surface area contributed by atoms with Gasteiger partial charge in [-0.15, -0.1) is 0 Å². The smallest absolute Gasteiger partial charge is 0.220 e. The normalized spacial score (nSPS) is 12.9. The van der Waals surface area contributed by atoms with Gasteiger partial charge in [0, 0.05) is 6.42 Å². The Kier molecular flexibility index (Phi) is 46.8. The van der Waals surface area contributed by atoms with Crippen molar-refractivity contribution in [2.75, 3.05) is 6.61 Å². The van der Waals surface area contributed by atoms with Crippen molar-refractivity contribution in [1.82, 2.24) is 5.32 Å². The number of amides is 1. The summed E-state index contributed by atoms with van der Waals surface area (Å²) >= 11 is 0. The Labute approximate surface area is 346 Å². The number of carbonyl (C=O) groups is 1. The number of aliphatic hydroxyl groups excluding tert-OH is 2. The molecule has 0 aliphatic heterocycles. The number of allylic oxidation sites excluding steroid dienone is 2. The first-order chi connectivity index (χ1) is 27.2. The van der Waals surface area contributed by atoms with Gasteiger partial charge in [-0.05, 0) is 38.5 Å². The lowest BCUT2D eigenvalue weighted by Gasteiger charge is -2.22. The van der Waals surface area contributed by atoms with Crippen molar-refractivity contribution in [3.63, 3.8) is 0 Å². The van der Waals surface area contributed by atoms with Gasteiger partial charge < -0.3 is 15.5 Å². The van der Waals surface area contributed by atoms with Crippen molar-refractivity contribution < 1.29 is 15.0 Å². The molecule has 0 bridgehead atoms. The minimum absolute atomic E-state index is 0.0276. The van der Waals surface area contributed by atoms with Gasteiger partial charge in [-0.25, -0.2) is 0 Å². The lowest BCUT2D eigenvalue weighted by atomic mass is 10.0. The van der Waals surface area contributed by atoms with E-state index in [9.17, 15) is 15.0 Å². The van der Waals surface area contributed by atoms with Gasteiger partial charge >= 0.3 is 0 Å². The van der Waals surface area contributed by atoms with Crippen LogP contribution in [0.15, 0.2) is 12.2 Å². The molecule has 0 aromatic heterocycles. The maximum absolute atomic E-state index is 12.4. The van der Waals surface area contributed by atoms with Gasteiger partial charge in [0.2, 0.25) is 5.91 Å². The van der Waals surface area contributed by atoms with Crippen LogP contribution in [0.3, 0.4) is 0 Å². The zero-order valence-corrected chi connectivity index (χ0v) is 37.7. The zero-order chi connectivity index (χ0) is 40.0. The number of rotatable bonds is 47. The number of unbranched alkanes of at least 4 members (excludes halogenated alkanes) is 38. The summed E-state index contributed by atoms with van der Waals surface area (Å²) in [4.78, 5) is 12.4. The molecular formula is C51H101NO3. The molecule has 1 amide bonds. The van der Waals surface area contributed by atoms with Crippen LogP contribution < -0.4 is 5.32 Å². The predicted molar refractivity (Wildman–Crippen MR) is 244 cm³/mol. The number of nitrogens with one attached hydrogen (secondary N) is 1. The average molecular weight is 776 g/mol. The molecule has 4 heteroatoms. The second kappa shape index (κ2) is 47.5. The molecule has 0 radical (unpaired) electrons. The molecule has 0 aromatic rings. The second-order valence-electron chi connectivity index (χ2n) is 17.6. The van der Waals surface area contributed by atoms with Crippen molar-refractivity contribution in [3.05, 3.63) is 12.2 Å². The van der Waals surface area contributed by atoms with Gasteiger partial charge in [0.15, 0.2) is 0 Å². The summed E-state index contributed by atoms with van der Waals surface area (Å²) in [5.74, 6) is -0.0276. The quantitative estimate of drug-likeness (QED) is 0.0426. The molecule has 0 aliphatic carbocycles. The summed E-state index contributed by atoms with van der Waals surface area (Å²) in [6.07, 6.45) is 60.3. The lowest BCUT2D eigenvalue weighted by molar-refractivity contribution is -0.123.